The van der Waals surface area contributed by atoms with E-state index in [1.54, 1.807) is 6.07 Å². The molecule has 1 aromatic carbocycles. The molecule has 3 heteroatoms. The lowest BCUT2D eigenvalue weighted by Crippen LogP contribution is -1.83. The highest BCUT2D eigenvalue weighted by Gasteiger charge is 2.00. The number of hydrogen-bond acceptors (Lipinski definition) is 1. The summed E-state index contributed by atoms with van der Waals surface area (Å²) in [4.78, 5) is 0. The van der Waals surface area contributed by atoms with Gasteiger partial charge in [-0.15, -0.1) is 0 Å². The molecule has 0 aliphatic rings. The van der Waals surface area contributed by atoms with Gasteiger partial charge in [-0.2, -0.15) is 5.26 Å². The molecule has 64 valence electrons. The van der Waals surface area contributed by atoms with Gasteiger partial charge in [-0.1, -0.05) is 13.8 Å². The van der Waals surface area contributed by atoms with Crippen molar-refractivity contribution in [3.63, 3.8) is 0 Å². The summed E-state index contributed by atoms with van der Waals surface area (Å²) in [5, 5.41) is 8.20. The summed E-state index contributed by atoms with van der Waals surface area (Å²) in [6, 6.07) is 4.41. The first-order valence-corrected chi connectivity index (χ1v) is 3.59. The summed E-state index contributed by atoms with van der Waals surface area (Å²) < 4.78 is 24.5. The van der Waals surface area contributed by atoms with E-state index in [1.807, 2.05) is 13.8 Å². The van der Waals surface area contributed by atoms with E-state index in [1.165, 1.54) is 0 Å². The monoisotopic (exact) mass is 169 g/mol. The summed E-state index contributed by atoms with van der Waals surface area (Å²) >= 11 is 0. The molecule has 0 fully saturated rings. The SMILES string of the molecule is CC.N#Cc1ccc(F)cc1F. The average Bonchev–Trinajstić information content (AvgIpc) is 2.08. The standard InChI is InChI=1S/C7H3F2N.C2H6/c8-6-2-1-5(4-10)7(9)3-6;1-2/h1-3H;1-2H3. The molecular weight excluding hydrogens is 160 g/mol. The normalized spacial score (nSPS) is 7.92. The minimum Gasteiger partial charge on any atom is -0.207 e. The summed E-state index contributed by atoms with van der Waals surface area (Å²) in [5.41, 5.74) is -0.138. The van der Waals surface area contributed by atoms with E-state index in [-0.39, 0.29) is 5.56 Å². The van der Waals surface area contributed by atoms with Crippen LogP contribution in [0.25, 0.3) is 0 Å². The van der Waals surface area contributed by atoms with E-state index in [4.69, 9.17) is 5.26 Å². The van der Waals surface area contributed by atoms with Crippen LogP contribution in [0, 0.1) is 23.0 Å². The molecule has 0 saturated heterocycles. The highest BCUT2D eigenvalue weighted by atomic mass is 19.1. The smallest absolute Gasteiger partial charge is 0.143 e. The Labute approximate surface area is 70.3 Å². The Kier molecular flexibility index (Phi) is 4.62. The van der Waals surface area contributed by atoms with Crippen LogP contribution in [0.4, 0.5) is 8.78 Å². The zero-order chi connectivity index (χ0) is 9.56. The Morgan fingerprint density at radius 3 is 2.25 bits per heavy atom. The van der Waals surface area contributed by atoms with Gasteiger partial charge in [0.1, 0.15) is 17.7 Å². The summed E-state index contributed by atoms with van der Waals surface area (Å²) in [6.45, 7) is 4.00. The fourth-order valence-corrected chi connectivity index (χ4v) is 0.580. The summed E-state index contributed by atoms with van der Waals surface area (Å²) in [7, 11) is 0. The first-order chi connectivity index (χ1) is 5.74. The van der Waals surface area contributed by atoms with E-state index in [9.17, 15) is 8.78 Å². The molecule has 0 radical (unpaired) electrons. The third kappa shape index (κ3) is 2.67. The minimum absolute atomic E-state index is 0.138. The molecule has 0 atom stereocenters. The second-order valence-electron chi connectivity index (χ2n) is 1.74. The molecular formula is C9H9F2N. The van der Waals surface area contributed by atoms with Gasteiger partial charge in [0.15, 0.2) is 0 Å². The Bertz CT molecular complexity index is 289. The van der Waals surface area contributed by atoms with Gasteiger partial charge in [0.2, 0.25) is 0 Å². The summed E-state index contributed by atoms with van der Waals surface area (Å²) in [6.07, 6.45) is 0. The van der Waals surface area contributed by atoms with Gasteiger partial charge in [-0.25, -0.2) is 8.78 Å². The molecule has 0 heterocycles. The van der Waals surface area contributed by atoms with Gasteiger partial charge in [-0.3, -0.25) is 0 Å². The van der Waals surface area contributed by atoms with Crippen molar-refractivity contribution in [3.05, 3.63) is 35.4 Å². The molecule has 0 spiro atoms. The van der Waals surface area contributed by atoms with Gasteiger partial charge in [0.05, 0.1) is 5.56 Å². The Morgan fingerprint density at radius 1 is 1.25 bits per heavy atom. The van der Waals surface area contributed by atoms with Crippen molar-refractivity contribution in [1.82, 2.24) is 0 Å². The second kappa shape index (κ2) is 5.25. The van der Waals surface area contributed by atoms with Gasteiger partial charge in [0, 0.05) is 6.07 Å². The third-order valence-corrected chi connectivity index (χ3v) is 1.05. The molecule has 0 amide bonds. The fraction of sp³-hybridized carbons (Fsp3) is 0.222. The first kappa shape index (κ1) is 10.6. The highest BCUT2D eigenvalue weighted by Crippen LogP contribution is 2.06. The molecule has 12 heavy (non-hydrogen) atoms. The summed E-state index contributed by atoms with van der Waals surface area (Å²) in [5.74, 6) is -1.49. The lowest BCUT2D eigenvalue weighted by Gasteiger charge is -1.90. The van der Waals surface area contributed by atoms with E-state index in [2.05, 4.69) is 0 Å². The van der Waals surface area contributed by atoms with Gasteiger partial charge >= 0.3 is 0 Å². The van der Waals surface area contributed by atoms with Crippen LogP contribution >= 0.6 is 0 Å². The number of rotatable bonds is 0. The zero-order valence-electron chi connectivity index (χ0n) is 6.94. The third-order valence-electron chi connectivity index (χ3n) is 1.05. The van der Waals surface area contributed by atoms with E-state index >= 15 is 0 Å². The topological polar surface area (TPSA) is 23.8 Å². The van der Waals surface area contributed by atoms with Crippen molar-refractivity contribution < 1.29 is 8.78 Å². The maximum absolute atomic E-state index is 12.4. The Hall–Kier alpha value is -1.43. The van der Waals surface area contributed by atoms with Crippen molar-refractivity contribution in [1.29, 1.82) is 5.26 Å². The van der Waals surface area contributed by atoms with Crippen LogP contribution in [0.15, 0.2) is 18.2 Å². The van der Waals surface area contributed by atoms with Crippen molar-refractivity contribution in [2.24, 2.45) is 0 Å². The van der Waals surface area contributed by atoms with Gasteiger partial charge in [0.25, 0.3) is 0 Å². The van der Waals surface area contributed by atoms with E-state index < -0.39 is 11.6 Å². The van der Waals surface area contributed by atoms with Crippen molar-refractivity contribution >= 4 is 0 Å². The van der Waals surface area contributed by atoms with Crippen LogP contribution in [0.3, 0.4) is 0 Å². The van der Waals surface area contributed by atoms with Crippen LogP contribution < -0.4 is 0 Å². The predicted molar refractivity (Wildman–Crippen MR) is 42.4 cm³/mol. The predicted octanol–water partition coefficient (Wildman–Crippen LogP) is 2.86. The molecule has 0 saturated carbocycles. The number of halogens is 2. The second-order valence-corrected chi connectivity index (χ2v) is 1.74. The molecule has 0 unspecified atom stereocenters. The largest absolute Gasteiger partial charge is 0.207 e. The van der Waals surface area contributed by atoms with Crippen LogP contribution in [0.1, 0.15) is 19.4 Å². The molecule has 0 aromatic heterocycles. The highest BCUT2D eigenvalue weighted by molar-refractivity contribution is 5.30. The van der Waals surface area contributed by atoms with Crippen LogP contribution in [-0.4, -0.2) is 0 Å². The molecule has 0 aliphatic heterocycles. The number of nitriles is 1. The van der Waals surface area contributed by atoms with Crippen LogP contribution in [-0.2, 0) is 0 Å². The fourth-order valence-electron chi connectivity index (χ4n) is 0.580. The first-order valence-electron chi connectivity index (χ1n) is 3.59. The minimum atomic E-state index is -0.817. The van der Waals surface area contributed by atoms with Crippen molar-refractivity contribution in [2.75, 3.05) is 0 Å². The van der Waals surface area contributed by atoms with Crippen LogP contribution in [0.2, 0.25) is 0 Å². The number of hydrogen-bond donors (Lipinski definition) is 0. The van der Waals surface area contributed by atoms with E-state index in [0.29, 0.717) is 6.07 Å². The Morgan fingerprint density at radius 2 is 1.83 bits per heavy atom. The number of nitrogens with zero attached hydrogens (tertiary/aromatic N) is 1. The average molecular weight is 169 g/mol. The Balaban J connectivity index is 0.000000561. The van der Waals surface area contributed by atoms with Crippen LogP contribution in [0.5, 0.6) is 0 Å². The molecule has 1 nitrogen and oxygen atoms in total. The van der Waals surface area contributed by atoms with Crippen molar-refractivity contribution in [3.8, 4) is 6.07 Å². The molecule has 0 aliphatic carbocycles. The lowest BCUT2D eigenvalue weighted by molar-refractivity contribution is 0.581. The molecule has 0 N–H and O–H groups in total. The molecule has 1 rings (SSSR count). The van der Waals surface area contributed by atoms with E-state index in [0.717, 1.165) is 12.1 Å². The van der Waals surface area contributed by atoms with Crippen molar-refractivity contribution in [2.45, 2.75) is 13.8 Å². The van der Waals surface area contributed by atoms with Gasteiger partial charge in [-0.05, 0) is 12.1 Å². The quantitative estimate of drug-likeness (QED) is 0.585. The molecule has 1 aromatic rings. The molecule has 0 bridgehead atoms. The number of benzene rings is 1. The maximum Gasteiger partial charge on any atom is 0.143 e. The maximum atomic E-state index is 12.4. The lowest BCUT2D eigenvalue weighted by atomic mass is 10.2. The van der Waals surface area contributed by atoms with Gasteiger partial charge < -0.3 is 0 Å². The zero-order valence-corrected chi connectivity index (χ0v) is 6.94.